The Balaban J connectivity index is 2.04. The van der Waals surface area contributed by atoms with Gasteiger partial charge < -0.3 is 10.4 Å². The molecule has 0 amide bonds. The van der Waals surface area contributed by atoms with Gasteiger partial charge in [0.25, 0.3) is 0 Å². The molecule has 12 heavy (non-hydrogen) atoms. The van der Waals surface area contributed by atoms with Crippen LogP contribution in [0.15, 0.2) is 11.4 Å². The molecular weight excluding hydrogens is 172 g/mol. The molecule has 2 unspecified atom stereocenters. The van der Waals surface area contributed by atoms with Crippen molar-refractivity contribution in [2.24, 2.45) is 0 Å². The molecule has 1 aliphatic rings. The van der Waals surface area contributed by atoms with Crippen LogP contribution >= 0.6 is 11.5 Å². The van der Waals surface area contributed by atoms with Crippen molar-refractivity contribution in [1.29, 1.82) is 0 Å². The van der Waals surface area contributed by atoms with Gasteiger partial charge in [0.2, 0.25) is 0 Å². The Kier molecular flexibility index (Phi) is 2.39. The van der Waals surface area contributed by atoms with Crippen molar-refractivity contribution in [3.8, 4) is 0 Å². The molecule has 3 nitrogen and oxygen atoms in total. The molecule has 0 bridgehead atoms. The standard InChI is InChI=1S/C8H12N2OS/c11-8(6-2-1-4-9-6)7-3-5-12-10-7/h3,5-6,8-9,11H,1-2,4H2. The molecule has 1 saturated heterocycles. The Morgan fingerprint density at radius 3 is 3.25 bits per heavy atom. The molecule has 2 atom stereocenters. The first-order valence-electron chi connectivity index (χ1n) is 4.19. The largest absolute Gasteiger partial charge is 0.385 e. The maximum absolute atomic E-state index is 9.79. The lowest BCUT2D eigenvalue weighted by atomic mass is 10.1. The summed E-state index contributed by atoms with van der Waals surface area (Å²) in [5.41, 5.74) is 0.805. The summed E-state index contributed by atoms with van der Waals surface area (Å²) in [5.74, 6) is 0. The van der Waals surface area contributed by atoms with Gasteiger partial charge in [-0.1, -0.05) is 0 Å². The van der Waals surface area contributed by atoms with Gasteiger partial charge in [-0.05, 0) is 37.0 Å². The first-order valence-corrected chi connectivity index (χ1v) is 5.03. The zero-order valence-electron chi connectivity index (χ0n) is 6.73. The summed E-state index contributed by atoms with van der Waals surface area (Å²) < 4.78 is 4.11. The maximum atomic E-state index is 9.79. The highest BCUT2D eigenvalue weighted by molar-refractivity contribution is 7.03. The van der Waals surface area contributed by atoms with Crippen LogP contribution in [0.1, 0.15) is 24.6 Å². The van der Waals surface area contributed by atoms with Crippen molar-refractivity contribution in [3.05, 3.63) is 17.1 Å². The highest BCUT2D eigenvalue weighted by Gasteiger charge is 2.24. The van der Waals surface area contributed by atoms with E-state index < -0.39 is 6.10 Å². The molecule has 1 aliphatic heterocycles. The number of aliphatic hydroxyl groups is 1. The Morgan fingerprint density at radius 1 is 1.75 bits per heavy atom. The van der Waals surface area contributed by atoms with Crippen LogP contribution in [-0.2, 0) is 0 Å². The second-order valence-corrected chi connectivity index (χ2v) is 3.74. The summed E-state index contributed by atoms with van der Waals surface area (Å²) in [5, 5.41) is 14.9. The smallest absolute Gasteiger partial charge is 0.112 e. The molecule has 2 N–H and O–H groups in total. The molecule has 66 valence electrons. The number of nitrogens with zero attached hydrogens (tertiary/aromatic N) is 1. The SMILES string of the molecule is OC(c1ccsn1)C1CCCN1. The van der Waals surface area contributed by atoms with Gasteiger partial charge in [0.15, 0.2) is 0 Å². The van der Waals surface area contributed by atoms with E-state index in [4.69, 9.17) is 0 Å². The lowest BCUT2D eigenvalue weighted by Gasteiger charge is -2.15. The molecule has 2 rings (SSSR count). The number of hydrogen-bond acceptors (Lipinski definition) is 4. The Bertz CT molecular complexity index is 231. The van der Waals surface area contributed by atoms with Crippen LogP contribution in [-0.4, -0.2) is 22.1 Å². The topological polar surface area (TPSA) is 45.2 Å². The zero-order valence-corrected chi connectivity index (χ0v) is 7.55. The predicted molar refractivity (Wildman–Crippen MR) is 48.1 cm³/mol. The summed E-state index contributed by atoms with van der Waals surface area (Å²) in [6.45, 7) is 1.02. The van der Waals surface area contributed by atoms with E-state index in [0.717, 1.165) is 25.1 Å². The normalized spacial score (nSPS) is 25.9. The van der Waals surface area contributed by atoms with Crippen LogP contribution < -0.4 is 5.32 Å². The second kappa shape index (κ2) is 3.51. The van der Waals surface area contributed by atoms with Gasteiger partial charge in [-0.3, -0.25) is 0 Å². The molecule has 0 aliphatic carbocycles. The summed E-state index contributed by atoms with van der Waals surface area (Å²) in [4.78, 5) is 0. The Morgan fingerprint density at radius 2 is 2.67 bits per heavy atom. The fourth-order valence-electron chi connectivity index (χ4n) is 1.56. The molecule has 1 fully saturated rings. The molecule has 1 aromatic rings. The second-order valence-electron chi connectivity index (χ2n) is 3.07. The molecule has 2 heterocycles. The van der Waals surface area contributed by atoms with Crippen molar-refractivity contribution >= 4 is 11.5 Å². The van der Waals surface area contributed by atoms with E-state index in [1.807, 2.05) is 11.4 Å². The van der Waals surface area contributed by atoms with Crippen LogP contribution in [0.4, 0.5) is 0 Å². The highest BCUT2D eigenvalue weighted by Crippen LogP contribution is 2.21. The van der Waals surface area contributed by atoms with Crippen molar-refractivity contribution in [1.82, 2.24) is 9.69 Å². The van der Waals surface area contributed by atoms with Gasteiger partial charge in [-0.2, -0.15) is 4.37 Å². The lowest BCUT2D eigenvalue weighted by Crippen LogP contribution is -2.28. The van der Waals surface area contributed by atoms with E-state index in [2.05, 4.69) is 9.69 Å². The van der Waals surface area contributed by atoms with Crippen LogP contribution in [0.2, 0.25) is 0 Å². The monoisotopic (exact) mass is 184 g/mol. The third-order valence-electron chi connectivity index (χ3n) is 2.24. The number of rotatable bonds is 2. The number of aromatic nitrogens is 1. The molecular formula is C8H12N2OS. The van der Waals surface area contributed by atoms with Gasteiger partial charge in [0.05, 0.1) is 5.69 Å². The van der Waals surface area contributed by atoms with Gasteiger partial charge in [-0.15, -0.1) is 0 Å². The molecule has 4 heteroatoms. The third kappa shape index (κ3) is 1.50. The van der Waals surface area contributed by atoms with E-state index in [0.29, 0.717) is 0 Å². The van der Waals surface area contributed by atoms with Crippen LogP contribution in [0, 0.1) is 0 Å². The first-order chi connectivity index (χ1) is 5.88. The van der Waals surface area contributed by atoms with E-state index in [-0.39, 0.29) is 6.04 Å². The van der Waals surface area contributed by atoms with Crippen molar-refractivity contribution < 1.29 is 5.11 Å². The summed E-state index contributed by atoms with van der Waals surface area (Å²) in [6, 6.07) is 2.10. The summed E-state index contributed by atoms with van der Waals surface area (Å²) in [7, 11) is 0. The minimum absolute atomic E-state index is 0.215. The highest BCUT2D eigenvalue weighted by atomic mass is 32.1. The summed E-state index contributed by atoms with van der Waals surface area (Å²) >= 11 is 1.39. The van der Waals surface area contributed by atoms with Crippen molar-refractivity contribution in [2.75, 3.05) is 6.54 Å². The van der Waals surface area contributed by atoms with Gasteiger partial charge in [0.1, 0.15) is 6.10 Å². The average Bonchev–Trinajstić information content (AvgIpc) is 2.77. The number of aliphatic hydroxyl groups excluding tert-OH is 1. The molecule has 0 spiro atoms. The van der Waals surface area contributed by atoms with Crippen molar-refractivity contribution in [2.45, 2.75) is 25.0 Å². The Labute approximate surface area is 75.6 Å². The quantitative estimate of drug-likeness (QED) is 0.718. The molecule has 0 radical (unpaired) electrons. The first kappa shape index (κ1) is 8.16. The van der Waals surface area contributed by atoms with Crippen LogP contribution in [0.3, 0.4) is 0 Å². The molecule has 0 aromatic carbocycles. The fraction of sp³-hybridized carbons (Fsp3) is 0.625. The molecule has 0 saturated carbocycles. The lowest BCUT2D eigenvalue weighted by molar-refractivity contribution is 0.134. The fourth-order valence-corrected chi connectivity index (χ4v) is 2.11. The van der Waals surface area contributed by atoms with Crippen LogP contribution in [0.5, 0.6) is 0 Å². The maximum Gasteiger partial charge on any atom is 0.112 e. The number of nitrogens with one attached hydrogen (secondary N) is 1. The molecule has 1 aromatic heterocycles. The summed E-state index contributed by atoms with van der Waals surface area (Å²) in [6.07, 6.45) is 1.80. The minimum Gasteiger partial charge on any atom is -0.385 e. The number of hydrogen-bond donors (Lipinski definition) is 2. The van der Waals surface area contributed by atoms with E-state index in [1.54, 1.807) is 0 Å². The van der Waals surface area contributed by atoms with Gasteiger partial charge in [-0.25, -0.2) is 0 Å². The van der Waals surface area contributed by atoms with Gasteiger partial charge >= 0.3 is 0 Å². The van der Waals surface area contributed by atoms with E-state index in [9.17, 15) is 5.11 Å². The van der Waals surface area contributed by atoms with E-state index >= 15 is 0 Å². The van der Waals surface area contributed by atoms with Crippen LogP contribution in [0.25, 0.3) is 0 Å². The minimum atomic E-state index is -0.418. The predicted octanol–water partition coefficient (Wildman–Crippen LogP) is 0.929. The average molecular weight is 184 g/mol. The third-order valence-corrected chi connectivity index (χ3v) is 2.81. The van der Waals surface area contributed by atoms with Crippen molar-refractivity contribution in [3.63, 3.8) is 0 Å². The van der Waals surface area contributed by atoms with Gasteiger partial charge in [0, 0.05) is 11.4 Å². The zero-order chi connectivity index (χ0) is 8.39. The van der Waals surface area contributed by atoms with E-state index in [1.165, 1.54) is 11.5 Å². The Hall–Kier alpha value is -0.450.